The van der Waals surface area contributed by atoms with Crippen LogP contribution in [0.5, 0.6) is 0 Å². The molecule has 0 heterocycles. The van der Waals surface area contributed by atoms with E-state index in [4.69, 9.17) is 0 Å². The molecule has 0 aromatic heterocycles. The smallest absolute Gasteiger partial charge is 0.204 e. The van der Waals surface area contributed by atoms with Crippen molar-refractivity contribution in [1.82, 2.24) is 0 Å². The van der Waals surface area contributed by atoms with E-state index in [1.165, 1.54) is 93.9 Å². The summed E-state index contributed by atoms with van der Waals surface area (Å²) in [6.07, 6.45) is 32.7. The molecule has 2 heteroatoms. The van der Waals surface area contributed by atoms with Crippen LogP contribution < -0.4 is 15.4 Å². The van der Waals surface area contributed by atoms with Gasteiger partial charge in [0.25, 0.3) is 0 Å². The van der Waals surface area contributed by atoms with E-state index >= 15 is 0 Å². The fraction of sp³-hybridized carbons (Fsp3) is 0.254. The zero-order chi connectivity index (χ0) is 46.1. The summed E-state index contributed by atoms with van der Waals surface area (Å²) < 4.78 is 1.32. The van der Waals surface area contributed by atoms with Gasteiger partial charge in [0.2, 0.25) is 11.4 Å². The molecule has 0 bridgehead atoms. The zero-order valence-electron chi connectivity index (χ0n) is 40.1. The van der Waals surface area contributed by atoms with Gasteiger partial charge in [-0.2, -0.15) is 0 Å². The van der Waals surface area contributed by atoms with Crippen LogP contribution in [-0.2, 0) is 12.8 Å². The molecule has 0 aliphatic heterocycles. The van der Waals surface area contributed by atoms with E-state index in [1.54, 1.807) is 11.1 Å². The molecule has 1 N–H and O–H groups in total. The Morgan fingerprint density at radius 3 is 1.95 bits per heavy atom. The average Bonchev–Trinajstić information content (AvgIpc) is 3.38. The third-order valence-corrected chi connectivity index (χ3v) is 13.0. The minimum absolute atomic E-state index is 0.531. The van der Waals surface area contributed by atoms with E-state index < -0.39 is 0 Å². The van der Waals surface area contributed by atoms with Crippen molar-refractivity contribution < 1.29 is 4.99 Å². The first-order valence-electron chi connectivity index (χ1n) is 24.4. The van der Waals surface area contributed by atoms with Crippen LogP contribution in [0.15, 0.2) is 168 Å². The van der Waals surface area contributed by atoms with Gasteiger partial charge in [-0.05, 0) is 134 Å². The first-order chi connectivity index (χ1) is 32.0. The molecule has 0 fully saturated rings. The highest BCUT2D eigenvalue weighted by atomic mass is 79.9. The van der Waals surface area contributed by atoms with Gasteiger partial charge in [-0.15, -0.1) is 0 Å². The molecule has 1 unspecified atom stereocenters. The quantitative estimate of drug-likeness (QED) is 0.177. The van der Waals surface area contributed by atoms with Crippen LogP contribution in [0.3, 0.4) is 0 Å². The molecule has 1 atom stereocenters. The van der Waals surface area contributed by atoms with Gasteiger partial charge in [-0.25, -0.2) is 4.99 Å². The Bertz CT molecular complexity index is 2930. The van der Waals surface area contributed by atoms with Crippen LogP contribution in [0.25, 0.3) is 45.3 Å². The number of hydrogen-bond donors (Lipinski definition) is 1. The Labute approximate surface area is 399 Å². The number of rotatable bonds is 5. The maximum Gasteiger partial charge on any atom is 0.211 e. The molecule has 6 aromatic rings. The summed E-state index contributed by atoms with van der Waals surface area (Å²) >= 11 is 3.64. The highest BCUT2D eigenvalue weighted by Crippen LogP contribution is 2.41. The van der Waals surface area contributed by atoms with Crippen molar-refractivity contribution in [2.24, 2.45) is 0 Å². The van der Waals surface area contributed by atoms with Crippen molar-refractivity contribution in [2.75, 3.05) is 0 Å². The Hall–Kier alpha value is -5.83. The average molecular weight is 920 g/mol. The first kappa shape index (κ1) is 48.6. The second-order valence-electron chi connectivity index (χ2n) is 16.1. The van der Waals surface area contributed by atoms with E-state index in [0.717, 1.165) is 37.8 Å². The van der Waals surface area contributed by atoms with Gasteiger partial charge >= 0.3 is 0 Å². The molecule has 332 valence electrons. The number of halogens is 1. The summed E-state index contributed by atoms with van der Waals surface area (Å²) in [6, 6.07) is 39.7. The van der Waals surface area contributed by atoms with Crippen LogP contribution in [-0.4, -0.2) is 5.71 Å². The zero-order valence-corrected chi connectivity index (χ0v) is 41.7. The lowest BCUT2D eigenvalue weighted by molar-refractivity contribution is -0.351. The molecule has 10 rings (SSSR count). The van der Waals surface area contributed by atoms with Crippen molar-refractivity contribution in [3.8, 4) is 0 Å². The number of fused-ring (bicyclic) bond motifs is 6. The van der Waals surface area contributed by atoms with Crippen molar-refractivity contribution >= 4 is 72.7 Å². The topological polar surface area (TPSA) is 14.0 Å². The van der Waals surface area contributed by atoms with Crippen LogP contribution in [0.4, 0.5) is 5.69 Å². The maximum atomic E-state index is 3.84. The highest BCUT2D eigenvalue weighted by Gasteiger charge is 2.23. The molecule has 4 aliphatic rings. The van der Waals surface area contributed by atoms with Gasteiger partial charge in [0.1, 0.15) is 0 Å². The van der Waals surface area contributed by atoms with E-state index in [1.807, 2.05) is 41.5 Å². The first-order valence-corrected chi connectivity index (χ1v) is 25.2. The summed E-state index contributed by atoms with van der Waals surface area (Å²) in [7, 11) is 0. The minimum atomic E-state index is 0.531. The Kier molecular flexibility index (Phi) is 18.3. The second kappa shape index (κ2) is 24.5. The number of benzene rings is 6. The van der Waals surface area contributed by atoms with Crippen molar-refractivity contribution in [2.45, 2.75) is 106 Å². The number of hydrogen-bond acceptors (Lipinski definition) is 0. The molecule has 6 aromatic carbocycles. The summed E-state index contributed by atoms with van der Waals surface area (Å²) in [5, 5.41) is 7.88. The normalized spacial score (nSPS) is 16.6. The lowest BCUT2D eigenvalue weighted by Crippen LogP contribution is -2.67. The molecule has 0 amide bonds. The minimum Gasteiger partial charge on any atom is -0.204 e. The molecule has 0 spiro atoms. The molecule has 0 saturated heterocycles. The third-order valence-electron chi connectivity index (χ3n) is 12.3. The van der Waals surface area contributed by atoms with Gasteiger partial charge in [-0.3, -0.25) is 0 Å². The van der Waals surface area contributed by atoms with Gasteiger partial charge in [0.15, 0.2) is 0 Å². The van der Waals surface area contributed by atoms with Gasteiger partial charge in [0.05, 0.1) is 5.57 Å². The second-order valence-corrected chi connectivity index (χ2v) is 17.1. The summed E-state index contributed by atoms with van der Waals surface area (Å²) in [4.78, 5) is 3.84. The van der Waals surface area contributed by atoms with Crippen LogP contribution in [0.1, 0.15) is 125 Å². The molecule has 4 aliphatic carbocycles. The van der Waals surface area contributed by atoms with Crippen molar-refractivity contribution in [1.29, 1.82) is 0 Å². The monoisotopic (exact) mass is 918 g/mol. The lowest BCUT2D eigenvalue weighted by atomic mass is 9.78. The van der Waals surface area contributed by atoms with Gasteiger partial charge < -0.3 is 0 Å². The van der Waals surface area contributed by atoms with E-state index in [2.05, 4.69) is 211 Å². The molecular weight excluding hydrogens is 851 g/mol. The third kappa shape index (κ3) is 11.5. The van der Waals surface area contributed by atoms with E-state index in [9.17, 15) is 0 Å². The highest BCUT2D eigenvalue weighted by molar-refractivity contribution is 9.11. The Morgan fingerprint density at radius 2 is 1.25 bits per heavy atom. The van der Waals surface area contributed by atoms with Gasteiger partial charge in [-0.1, -0.05) is 221 Å². The molecular formula is C63H69BrN+. The summed E-state index contributed by atoms with van der Waals surface area (Å²) in [5.74, 6) is 0.531. The molecule has 0 saturated carbocycles. The molecule has 0 radical (unpaired) electrons. The van der Waals surface area contributed by atoms with E-state index in [0.29, 0.717) is 5.92 Å². The summed E-state index contributed by atoms with van der Waals surface area (Å²) in [6.45, 7) is 16.5. The predicted octanol–water partition coefficient (Wildman–Crippen LogP) is 15.4. The fourth-order valence-corrected chi connectivity index (χ4v) is 9.68. The van der Waals surface area contributed by atoms with Crippen LogP contribution in [0, 0.1) is 6.92 Å². The number of aryl methyl sites for hydroxylation is 2. The SMILES string of the molecule is CC.CC.CC.CCC(C1=CC=C(Br)CC1)c1cc2ccccc2c2c1C=CCC2.Cc1ccc(/C=c2/cccc/c2=C2\C=CC=CC2=[NH+]c2cc3ccccc3c3c2CCC=C3)cc1. The molecule has 65 heavy (non-hydrogen) atoms. The van der Waals surface area contributed by atoms with Crippen LogP contribution in [0.2, 0.25) is 0 Å². The Balaban J connectivity index is 0.000000204. The Morgan fingerprint density at radius 1 is 0.615 bits per heavy atom. The lowest BCUT2D eigenvalue weighted by Gasteiger charge is -2.27. The van der Waals surface area contributed by atoms with Crippen molar-refractivity contribution in [3.05, 3.63) is 217 Å². The standard InChI is InChI=1S/C34H27N.C23H23Br.3C2H6/c1-24-18-20-25(21-19-24)22-26-10-2-5-13-29(26)31-15-8-9-17-33(31)35-34-23-27-11-3-4-12-28(27)30-14-6-7-16-32(30)34;1-2-19(16-11-13-18(24)14-12-16)23-15-17-7-3-4-8-20(17)21-9-5-6-10-22(21)23;3*1-2/h2-6,8-15,17-23H,7,16H2,1H3;3-4,6-8,10-11,13,15,19H,2,5,9,12,14H2,1H3;3*1-2H3/p+1/b26-22-,31-29-,35-33?;;;;. The maximum absolute atomic E-state index is 3.84. The fourth-order valence-electron chi connectivity index (χ4n) is 9.35. The van der Waals surface area contributed by atoms with Gasteiger partial charge in [0, 0.05) is 23.6 Å². The van der Waals surface area contributed by atoms with Crippen molar-refractivity contribution in [3.63, 3.8) is 0 Å². The molecule has 1 nitrogen and oxygen atoms in total. The largest absolute Gasteiger partial charge is 0.211 e. The summed E-state index contributed by atoms with van der Waals surface area (Å²) in [5.41, 5.74) is 14.9. The van der Waals surface area contributed by atoms with E-state index in [-0.39, 0.29) is 0 Å². The predicted molar refractivity (Wildman–Crippen MR) is 292 cm³/mol. The number of nitrogens with one attached hydrogen (secondary N) is 1. The van der Waals surface area contributed by atoms with Crippen LogP contribution >= 0.6 is 15.9 Å². The number of allylic oxidation sites excluding steroid dienone is 10.